The van der Waals surface area contributed by atoms with Crippen molar-refractivity contribution in [3.8, 4) is 0 Å². The van der Waals surface area contributed by atoms with Gasteiger partial charge in [0.25, 0.3) is 10.0 Å². The van der Waals surface area contributed by atoms with Gasteiger partial charge in [-0.1, -0.05) is 6.07 Å². The maximum atomic E-state index is 12.6. The summed E-state index contributed by atoms with van der Waals surface area (Å²) >= 11 is 1.25. The minimum absolute atomic E-state index is 0.115. The Hall–Kier alpha value is -0.960. The summed E-state index contributed by atoms with van der Waals surface area (Å²) in [5, 5.41) is 1.78. The van der Waals surface area contributed by atoms with Crippen molar-refractivity contribution < 1.29 is 13.2 Å². The molecule has 0 saturated carbocycles. The van der Waals surface area contributed by atoms with Crippen LogP contribution < -0.4 is 0 Å². The molecule has 0 N–H and O–H groups in total. The van der Waals surface area contributed by atoms with Crippen LogP contribution in [0.5, 0.6) is 0 Å². The predicted molar refractivity (Wildman–Crippen MR) is 92.1 cm³/mol. The van der Waals surface area contributed by atoms with Gasteiger partial charge in [0.15, 0.2) is 0 Å². The number of nitrogens with zero attached hydrogens (tertiary/aromatic N) is 3. The highest BCUT2D eigenvalue weighted by molar-refractivity contribution is 7.91. The minimum atomic E-state index is -3.39. The maximum absolute atomic E-state index is 12.6. The summed E-state index contributed by atoms with van der Waals surface area (Å²) in [4.78, 5) is 16.1. The maximum Gasteiger partial charge on any atom is 0.252 e. The smallest absolute Gasteiger partial charge is 0.252 e. The zero-order valence-electron chi connectivity index (χ0n) is 13.8. The summed E-state index contributed by atoms with van der Waals surface area (Å²) in [5.74, 6) is 0.115. The number of amides is 1. The summed E-state index contributed by atoms with van der Waals surface area (Å²) in [6, 6.07) is 3.40. The Morgan fingerprint density at radius 2 is 1.96 bits per heavy atom. The fourth-order valence-corrected chi connectivity index (χ4v) is 5.36. The van der Waals surface area contributed by atoms with Crippen molar-refractivity contribution in [3.05, 3.63) is 17.5 Å². The third kappa shape index (κ3) is 4.53. The van der Waals surface area contributed by atoms with Crippen molar-refractivity contribution in [2.75, 3.05) is 45.8 Å². The molecule has 1 aromatic rings. The van der Waals surface area contributed by atoms with Gasteiger partial charge >= 0.3 is 0 Å². The minimum Gasteiger partial charge on any atom is -0.342 e. The van der Waals surface area contributed by atoms with Gasteiger partial charge in [0.1, 0.15) is 4.21 Å². The molecule has 130 valence electrons. The Morgan fingerprint density at radius 3 is 2.57 bits per heavy atom. The molecule has 1 amide bonds. The van der Waals surface area contributed by atoms with Crippen LogP contribution in [0.3, 0.4) is 0 Å². The van der Waals surface area contributed by atoms with Gasteiger partial charge in [-0.3, -0.25) is 9.69 Å². The van der Waals surface area contributed by atoms with Crippen molar-refractivity contribution in [1.29, 1.82) is 0 Å². The van der Waals surface area contributed by atoms with E-state index in [0.717, 1.165) is 13.0 Å². The summed E-state index contributed by atoms with van der Waals surface area (Å²) < 4.78 is 27.1. The van der Waals surface area contributed by atoms with E-state index in [1.165, 1.54) is 11.3 Å². The first kappa shape index (κ1) is 18.4. The number of rotatable bonds is 6. The number of sulfonamides is 1. The molecule has 0 aliphatic carbocycles. The van der Waals surface area contributed by atoms with E-state index >= 15 is 0 Å². The number of hydrogen-bond acceptors (Lipinski definition) is 5. The molecule has 0 atom stereocenters. The molecule has 0 radical (unpaired) electrons. The molecule has 0 bridgehead atoms. The van der Waals surface area contributed by atoms with Crippen molar-refractivity contribution >= 4 is 27.3 Å². The fourth-order valence-electron chi connectivity index (χ4n) is 2.75. The van der Waals surface area contributed by atoms with Crippen LogP contribution in [0.4, 0.5) is 0 Å². The summed E-state index contributed by atoms with van der Waals surface area (Å²) in [6.45, 7) is 8.03. The second-order valence-corrected chi connectivity index (χ2v) is 8.64. The molecule has 23 heavy (non-hydrogen) atoms. The van der Waals surface area contributed by atoms with E-state index in [9.17, 15) is 13.2 Å². The number of carbonyl (C=O) groups excluding carboxylic acids is 1. The highest BCUT2D eigenvalue weighted by Gasteiger charge is 2.28. The van der Waals surface area contributed by atoms with Gasteiger partial charge in [-0.15, -0.1) is 11.3 Å². The fraction of sp³-hybridized carbons (Fsp3) is 0.667. The molecule has 6 nitrogen and oxygen atoms in total. The first-order chi connectivity index (χ1) is 11.0. The molecule has 0 aromatic carbocycles. The molecular formula is C15H25N3O3S2. The van der Waals surface area contributed by atoms with Crippen LogP contribution in [0.2, 0.25) is 0 Å². The van der Waals surface area contributed by atoms with Gasteiger partial charge in [0.2, 0.25) is 5.91 Å². The molecule has 1 saturated heterocycles. The van der Waals surface area contributed by atoms with Gasteiger partial charge in [0.05, 0.1) is 6.54 Å². The number of likely N-dealkylation sites (N-methyl/N-ethyl adjacent to an activating group) is 1. The van der Waals surface area contributed by atoms with Crippen LogP contribution in [0.15, 0.2) is 21.7 Å². The van der Waals surface area contributed by atoms with Crippen LogP contribution in [-0.2, 0) is 14.8 Å². The van der Waals surface area contributed by atoms with Crippen molar-refractivity contribution in [1.82, 2.24) is 14.1 Å². The van der Waals surface area contributed by atoms with Gasteiger partial charge in [-0.25, -0.2) is 8.42 Å². The molecule has 2 heterocycles. The van der Waals surface area contributed by atoms with Gasteiger partial charge < -0.3 is 4.90 Å². The molecule has 1 aliphatic heterocycles. The standard InChI is InChI=1S/C15H25N3O3S2/c1-3-17(4-2)14(19)13-16-8-6-9-18(11-10-16)23(20,21)15-7-5-12-22-15/h5,7,12H,3-4,6,8-11,13H2,1-2H3. The highest BCUT2D eigenvalue weighted by atomic mass is 32.2. The van der Waals surface area contributed by atoms with E-state index in [0.29, 0.717) is 43.5 Å². The average molecular weight is 360 g/mol. The Bertz CT molecular complexity index is 597. The lowest BCUT2D eigenvalue weighted by Gasteiger charge is -2.25. The second-order valence-electron chi connectivity index (χ2n) is 5.53. The highest BCUT2D eigenvalue weighted by Crippen LogP contribution is 2.22. The Kier molecular flexibility index (Phi) is 6.58. The number of thiophene rings is 1. The normalized spacial score (nSPS) is 17.8. The van der Waals surface area contributed by atoms with Crippen LogP contribution in [0, 0.1) is 0 Å². The van der Waals surface area contributed by atoms with Gasteiger partial charge in [-0.05, 0) is 38.3 Å². The Morgan fingerprint density at radius 1 is 1.22 bits per heavy atom. The lowest BCUT2D eigenvalue weighted by molar-refractivity contribution is -0.132. The van der Waals surface area contributed by atoms with E-state index in [2.05, 4.69) is 4.90 Å². The Labute approximate surface area is 142 Å². The van der Waals surface area contributed by atoms with E-state index in [1.54, 1.807) is 21.8 Å². The number of carbonyl (C=O) groups is 1. The second kappa shape index (κ2) is 8.23. The Balaban J connectivity index is 1.96. The molecule has 0 unspecified atom stereocenters. The molecule has 2 rings (SSSR count). The molecular weight excluding hydrogens is 334 g/mol. The van der Waals surface area contributed by atoms with Gasteiger partial charge in [-0.2, -0.15) is 4.31 Å². The van der Waals surface area contributed by atoms with Crippen LogP contribution in [0.25, 0.3) is 0 Å². The monoisotopic (exact) mass is 359 g/mol. The summed E-state index contributed by atoms with van der Waals surface area (Å²) in [6.07, 6.45) is 0.746. The first-order valence-corrected chi connectivity index (χ1v) is 10.3. The SMILES string of the molecule is CCN(CC)C(=O)CN1CCCN(S(=O)(=O)c2cccs2)CC1. The third-order valence-electron chi connectivity index (χ3n) is 4.11. The van der Waals surface area contributed by atoms with Crippen molar-refractivity contribution in [2.45, 2.75) is 24.5 Å². The van der Waals surface area contributed by atoms with E-state index in [1.807, 2.05) is 18.7 Å². The van der Waals surface area contributed by atoms with Crippen LogP contribution in [-0.4, -0.2) is 74.2 Å². The summed E-state index contributed by atoms with van der Waals surface area (Å²) in [5.41, 5.74) is 0. The largest absolute Gasteiger partial charge is 0.342 e. The molecule has 1 aromatic heterocycles. The zero-order valence-corrected chi connectivity index (χ0v) is 15.4. The molecule has 1 aliphatic rings. The predicted octanol–water partition coefficient (Wildman–Crippen LogP) is 1.31. The van der Waals surface area contributed by atoms with Crippen LogP contribution in [0.1, 0.15) is 20.3 Å². The van der Waals surface area contributed by atoms with Crippen molar-refractivity contribution in [3.63, 3.8) is 0 Å². The van der Waals surface area contributed by atoms with E-state index < -0.39 is 10.0 Å². The third-order valence-corrected chi connectivity index (χ3v) is 7.38. The van der Waals surface area contributed by atoms with E-state index in [4.69, 9.17) is 0 Å². The van der Waals surface area contributed by atoms with Crippen LogP contribution >= 0.6 is 11.3 Å². The molecule has 1 fully saturated rings. The molecule has 8 heteroatoms. The van der Waals surface area contributed by atoms with Gasteiger partial charge in [0, 0.05) is 32.7 Å². The first-order valence-electron chi connectivity index (χ1n) is 8.02. The quantitative estimate of drug-likeness (QED) is 0.768. The van der Waals surface area contributed by atoms with E-state index in [-0.39, 0.29) is 5.91 Å². The number of hydrogen-bond donors (Lipinski definition) is 0. The molecule has 0 spiro atoms. The average Bonchev–Trinajstić information content (AvgIpc) is 2.97. The zero-order chi connectivity index (χ0) is 16.9. The lowest BCUT2D eigenvalue weighted by Crippen LogP contribution is -2.42. The lowest BCUT2D eigenvalue weighted by atomic mass is 10.3. The summed E-state index contributed by atoms with van der Waals surface area (Å²) in [7, 11) is -3.39. The topological polar surface area (TPSA) is 60.9 Å². The van der Waals surface area contributed by atoms with Crippen molar-refractivity contribution in [2.24, 2.45) is 0 Å².